The van der Waals surface area contributed by atoms with Crippen molar-refractivity contribution >= 4 is 35.3 Å². The SMILES string of the molecule is CCOc1cc(C=Nc2oc(-c3ccc(C)cc3)c(-c3ccc(C)cc3)c2C#N)cc(Cl)c1OCc1ccc(Cl)cc1. The molecule has 0 N–H and O–H groups in total. The Morgan fingerprint density at radius 2 is 1.50 bits per heavy atom. The zero-order valence-corrected chi connectivity index (χ0v) is 25.0. The summed E-state index contributed by atoms with van der Waals surface area (Å²) in [6.07, 6.45) is 1.61. The van der Waals surface area contributed by atoms with Gasteiger partial charge in [-0.3, -0.25) is 0 Å². The maximum Gasteiger partial charge on any atom is 0.238 e. The Morgan fingerprint density at radius 3 is 2.12 bits per heavy atom. The smallest absolute Gasteiger partial charge is 0.238 e. The molecule has 0 aliphatic heterocycles. The third-order valence-electron chi connectivity index (χ3n) is 6.61. The van der Waals surface area contributed by atoms with Gasteiger partial charge in [0.25, 0.3) is 0 Å². The van der Waals surface area contributed by atoms with Gasteiger partial charge in [0.1, 0.15) is 24.0 Å². The van der Waals surface area contributed by atoms with Crippen LogP contribution < -0.4 is 9.47 Å². The van der Waals surface area contributed by atoms with E-state index in [1.807, 2.05) is 93.6 Å². The van der Waals surface area contributed by atoms with Crippen LogP contribution >= 0.6 is 23.2 Å². The van der Waals surface area contributed by atoms with Crippen molar-refractivity contribution in [1.29, 1.82) is 5.26 Å². The number of halogens is 2. The van der Waals surface area contributed by atoms with Crippen LogP contribution in [0.3, 0.4) is 0 Å². The molecule has 0 fully saturated rings. The number of aliphatic imine (C=N–C) groups is 1. The maximum atomic E-state index is 10.2. The van der Waals surface area contributed by atoms with Crippen LogP contribution in [0.5, 0.6) is 11.5 Å². The van der Waals surface area contributed by atoms with Gasteiger partial charge < -0.3 is 13.9 Å². The number of ether oxygens (including phenoxy) is 2. The first kappa shape index (κ1) is 29.0. The van der Waals surface area contributed by atoms with Crippen molar-refractivity contribution in [2.45, 2.75) is 27.4 Å². The second kappa shape index (κ2) is 13.0. The molecule has 5 aromatic rings. The Labute approximate surface area is 255 Å². The van der Waals surface area contributed by atoms with Gasteiger partial charge in [-0.15, -0.1) is 0 Å². The van der Waals surface area contributed by atoms with Gasteiger partial charge in [-0.25, -0.2) is 4.99 Å². The van der Waals surface area contributed by atoms with Gasteiger partial charge in [-0.2, -0.15) is 5.26 Å². The topological polar surface area (TPSA) is 67.8 Å². The molecule has 0 aliphatic rings. The Hall–Kier alpha value is -4.50. The summed E-state index contributed by atoms with van der Waals surface area (Å²) >= 11 is 12.6. The van der Waals surface area contributed by atoms with E-state index < -0.39 is 0 Å². The van der Waals surface area contributed by atoms with Crippen molar-refractivity contribution in [3.8, 4) is 40.0 Å². The molecule has 5 rings (SSSR count). The van der Waals surface area contributed by atoms with Crippen molar-refractivity contribution < 1.29 is 13.9 Å². The summed E-state index contributed by atoms with van der Waals surface area (Å²) in [5, 5.41) is 11.3. The lowest BCUT2D eigenvalue weighted by Crippen LogP contribution is -2.01. The molecule has 4 aromatic carbocycles. The van der Waals surface area contributed by atoms with Crippen LogP contribution in [0.1, 0.15) is 34.7 Å². The second-order valence-corrected chi connectivity index (χ2v) is 10.6. The average Bonchev–Trinajstić information content (AvgIpc) is 3.36. The van der Waals surface area contributed by atoms with Gasteiger partial charge in [0.2, 0.25) is 5.88 Å². The molecule has 0 amide bonds. The molecule has 1 aromatic heterocycles. The minimum Gasteiger partial charge on any atom is -0.490 e. The highest BCUT2D eigenvalue weighted by Crippen LogP contribution is 2.43. The van der Waals surface area contributed by atoms with Crippen LogP contribution in [0.2, 0.25) is 10.0 Å². The lowest BCUT2D eigenvalue weighted by atomic mass is 9.97. The van der Waals surface area contributed by atoms with Crippen LogP contribution in [0, 0.1) is 25.2 Å². The molecule has 0 radical (unpaired) electrons. The van der Waals surface area contributed by atoms with Crippen molar-refractivity contribution in [2.24, 2.45) is 4.99 Å². The molecule has 7 heteroatoms. The fourth-order valence-electron chi connectivity index (χ4n) is 4.45. The molecule has 210 valence electrons. The summed E-state index contributed by atoms with van der Waals surface area (Å²) in [6, 6.07) is 29.3. The number of aryl methyl sites for hydroxylation is 2. The summed E-state index contributed by atoms with van der Waals surface area (Å²) < 4.78 is 18.2. The number of hydrogen-bond donors (Lipinski definition) is 0. The fourth-order valence-corrected chi connectivity index (χ4v) is 4.85. The van der Waals surface area contributed by atoms with E-state index in [0.29, 0.717) is 57.2 Å². The third-order valence-corrected chi connectivity index (χ3v) is 7.15. The molecular weight excluding hydrogens is 567 g/mol. The highest BCUT2D eigenvalue weighted by molar-refractivity contribution is 6.32. The number of nitriles is 1. The van der Waals surface area contributed by atoms with Crippen molar-refractivity contribution in [2.75, 3.05) is 6.61 Å². The fraction of sp³-hybridized carbons (Fsp3) is 0.143. The van der Waals surface area contributed by atoms with Crippen LogP contribution in [0.4, 0.5) is 5.88 Å². The van der Waals surface area contributed by atoms with Crippen LogP contribution in [-0.2, 0) is 6.61 Å². The molecule has 0 unspecified atom stereocenters. The first-order valence-electron chi connectivity index (χ1n) is 13.4. The van der Waals surface area contributed by atoms with Crippen LogP contribution in [-0.4, -0.2) is 12.8 Å². The Bertz CT molecular complexity index is 1770. The predicted octanol–water partition coefficient (Wildman–Crippen LogP) is 10.1. The Kier molecular flexibility index (Phi) is 8.97. The molecule has 0 spiro atoms. The number of benzene rings is 4. The summed E-state index contributed by atoms with van der Waals surface area (Å²) in [7, 11) is 0. The van der Waals surface area contributed by atoms with E-state index >= 15 is 0 Å². The monoisotopic (exact) mass is 594 g/mol. The zero-order chi connectivity index (χ0) is 29.6. The Balaban J connectivity index is 1.52. The quantitative estimate of drug-likeness (QED) is 0.159. The Morgan fingerprint density at radius 1 is 0.857 bits per heavy atom. The normalized spacial score (nSPS) is 11.0. The van der Waals surface area contributed by atoms with Gasteiger partial charge in [-0.1, -0.05) is 95.0 Å². The van der Waals surface area contributed by atoms with Crippen LogP contribution in [0.15, 0.2) is 94.3 Å². The van der Waals surface area contributed by atoms with E-state index in [2.05, 4.69) is 11.1 Å². The molecule has 1 heterocycles. The van der Waals surface area contributed by atoms with Gasteiger partial charge >= 0.3 is 0 Å². The zero-order valence-electron chi connectivity index (χ0n) is 23.4. The number of furan rings is 1. The molecule has 0 saturated heterocycles. The molecule has 0 atom stereocenters. The number of hydrogen-bond acceptors (Lipinski definition) is 5. The van der Waals surface area contributed by atoms with Crippen molar-refractivity contribution in [3.63, 3.8) is 0 Å². The van der Waals surface area contributed by atoms with Crippen molar-refractivity contribution in [3.05, 3.63) is 123 Å². The third kappa shape index (κ3) is 6.52. The number of nitrogens with zero attached hydrogens (tertiary/aromatic N) is 2. The molecule has 0 aliphatic carbocycles. The van der Waals surface area contributed by atoms with Crippen LogP contribution in [0.25, 0.3) is 22.5 Å². The molecular formula is C35H28Cl2N2O3. The first-order chi connectivity index (χ1) is 20.4. The van der Waals surface area contributed by atoms with E-state index in [-0.39, 0.29) is 5.88 Å². The van der Waals surface area contributed by atoms with E-state index in [1.165, 1.54) is 0 Å². The average molecular weight is 596 g/mol. The van der Waals surface area contributed by atoms with Gasteiger partial charge in [0, 0.05) is 22.4 Å². The second-order valence-electron chi connectivity index (χ2n) is 9.77. The minimum atomic E-state index is 0.209. The summed E-state index contributed by atoms with van der Waals surface area (Å²) in [4.78, 5) is 4.61. The van der Waals surface area contributed by atoms with Gasteiger partial charge in [-0.05, 0) is 61.7 Å². The lowest BCUT2D eigenvalue weighted by molar-refractivity contribution is 0.269. The van der Waals surface area contributed by atoms with E-state index in [0.717, 1.165) is 27.8 Å². The lowest BCUT2D eigenvalue weighted by Gasteiger charge is -2.14. The van der Waals surface area contributed by atoms with E-state index in [4.69, 9.17) is 37.1 Å². The van der Waals surface area contributed by atoms with E-state index in [1.54, 1.807) is 18.3 Å². The van der Waals surface area contributed by atoms with Gasteiger partial charge in [0.05, 0.1) is 11.6 Å². The predicted molar refractivity (Wildman–Crippen MR) is 169 cm³/mol. The van der Waals surface area contributed by atoms with Gasteiger partial charge in [0.15, 0.2) is 11.5 Å². The highest BCUT2D eigenvalue weighted by Gasteiger charge is 2.23. The highest BCUT2D eigenvalue weighted by atomic mass is 35.5. The maximum absolute atomic E-state index is 10.2. The summed E-state index contributed by atoms with van der Waals surface area (Å²) in [5.41, 5.74) is 6.65. The minimum absolute atomic E-state index is 0.209. The molecule has 5 nitrogen and oxygen atoms in total. The molecule has 0 saturated carbocycles. The molecule has 42 heavy (non-hydrogen) atoms. The van der Waals surface area contributed by atoms with E-state index in [9.17, 15) is 5.26 Å². The largest absolute Gasteiger partial charge is 0.490 e. The summed E-state index contributed by atoms with van der Waals surface area (Å²) in [6.45, 7) is 6.66. The number of rotatable bonds is 9. The van der Waals surface area contributed by atoms with Crippen molar-refractivity contribution in [1.82, 2.24) is 0 Å². The molecule has 0 bridgehead atoms. The standard InChI is InChI=1S/C35H28Cl2N2O3/c1-4-40-31-18-25(17-30(37)34(31)41-21-24-9-15-28(36)16-10-24)20-39-35-29(19-38)32(26-11-5-22(2)6-12-26)33(42-35)27-13-7-23(3)8-14-27/h5-18,20H,4,21H2,1-3H3. The first-order valence-corrected chi connectivity index (χ1v) is 14.2. The summed E-state index contributed by atoms with van der Waals surface area (Å²) in [5.74, 6) is 1.72.